The molecule has 0 bridgehead atoms. The first-order valence-electron chi connectivity index (χ1n) is 3.30. The minimum Gasteiger partial charge on any atom is -0.497 e. The van der Waals surface area contributed by atoms with Crippen LogP contribution >= 0.6 is 0 Å². The van der Waals surface area contributed by atoms with Crippen molar-refractivity contribution in [2.45, 2.75) is 0 Å². The van der Waals surface area contributed by atoms with Gasteiger partial charge in [-0.05, 0) is 24.3 Å². The number of hydrogen-bond acceptors (Lipinski definition) is 3. The molecule has 4 nitrogen and oxygen atoms in total. The minimum atomic E-state index is -1.07. The van der Waals surface area contributed by atoms with Gasteiger partial charge in [-0.15, -0.1) is 0 Å². The predicted octanol–water partition coefficient (Wildman–Crippen LogP) is 1.48. The highest BCUT2D eigenvalue weighted by Gasteiger charge is 1.98. The standard InChI is InChI=1S/C8H8NO3/c1-11-6-2-4-7(5-3-6)12-8(9)10/h2-5,9H,1H3. The molecule has 63 valence electrons. The Balaban J connectivity index is 2.71. The first-order chi connectivity index (χ1) is 5.72. The highest BCUT2D eigenvalue weighted by Crippen LogP contribution is 2.16. The Hall–Kier alpha value is -1.71. The van der Waals surface area contributed by atoms with E-state index in [0.29, 0.717) is 11.5 Å². The Morgan fingerprint density at radius 3 is 2.17 bits per heavy atom. The minimum absolute atomic E-state index is 0.343. The fraction of sp³-hybridized carbons (Fsp3) is 0.125. The number of ether oxygens (including phenoxy) is 2. The molecule has 0 aromatic heterocycles. The fourth-order valence-corrected chi connectivity index (χ4v) is 0.751. The molecule has 4 heteroatoms. The van der Waals surface area contributed by atoms with Crippen LogP contribution in [0.25, 0.3) is 0 Å². The van der Waals surface area contributed by atoms with Crippen LogP contribution in [-0.4, -0.2) is 13.2 Å². The molecule has 0 fully saturated rings. The van der Waals surface area contributed by atoms with Gasteiger partial charge in [0.2, 0.25) is 0 Å². The zero-order valence-corrected chi connectivity index (χ0v) is 6.53. The summed E-state index contributed by atoms with van der Waals surface area (Å²) < 4.78 is 9.37. The molecule has 1 radical (unpaired) electrons. The Kier molecular flexibility index (Phi) is 2.53. The summed E-state index contributed by atoms with van der Waals surface area (Å²) in [4.78, 5) is 10.2. The Labute approximate surface area is 69.9 Å². The quantitative estimate of drug-likeness (QED) is 0.668. The molecular formula is C8H8NO3. The van der Waals surface area contributed by atoms with Gasteiger partial charge in [-0.2, -0.15) is 0 Å². The number of carbonyl (C=O) groups is 1. The molecule has 1 amide bonds. The molecule has 0 saturated heterocycles. The van der Waals surface area contributed by atoms with Gasteiger partial charge < -0.3 is 9.47 Å². The van der Waals surface area contributed by atoms with E-state index in [1.165, 1.54) is 0 Å². The van der Waals surface area contributed by atoms with Gasteiger partial charge in [-0.1, -0.05) is 0 Å². The maximum atomic E-state index is 10.2. The maximum Gasteiger partial charge on any atom is 0.431 e. The molecule has 0 unspecified atom stereocenters. The summed E-state index contributed by atoms with van der Waals surface area (Å²) >= 11 is 0. The summed E-state index contributed by atoms with van der Waals surface area (Å²) in [5.74, 6) is 1.02. The third-order valence-corrected chi connectivity index (χ3v) is 1.27. The summed E-state index contributed by atoms with van der Waals surface area (Å²) in [5, 5.41) is 0. The van der Waals surface area contributed by atoms with E-state index >= 15 is 0 Å². The monoisotopic (exact) mass is 166 g/mol. The number of hydrogen-bond donors (Lipinski definition) is 0. The number of carbonyl (C=O) groups excluding carboxylic acids is 1. The van der Waals surface area contributed by atoms with Gasteiger partial charge in [-0.3, -0.25) is 0 Å². The van der Waals surface area contributed by atoms with Crippen molar-refractivity contribution in [1.29, 1.82) is 0 Å². The Bertz CT molecular complexity index is 268. The van der Waals surface area contributed by atoms with Gasteiger partial charge in [0.05, 0.1) is 7.11 Å². The topological polar surface area (TPSA) is 59.3 Å². The van der Waals surface area contributed by atoms with Gasteiger partial charge in [0.1, 0.15) is 11.5 Å². The van der Waals surface area contributed by atoms with E-state index in [2.05, 4.69) is 4.74 Å². The van der Waals surface area contributed by atoms with E-state index in [-0.39, 0.29) is 0 Å². The summed E-state index contributed by atoms with van der Waals surface area (Å²) in [6.45, 7) is 0. The van der Waals surface area contributed by atoms with Crippen molar-refractivity contribution in [3.63, 3.8) is 0 Å². The smallest absolute Gasteiger partial charge is 0.431 e. The third kappa shape index (κ3) is 2.16. The molecule has 0 aliphatic carbocycles. The van der Waals surface area contributed by atoms with E-state index in [4.69, 9.17) is 10.5 Å². The average Bonchev–Trinajstić information content (AvgIpc) is 2.05. The molecule has 1 aromatic carbocycles. The number of nitrogens with one attached hydrogen (secondary N) is 1. The van der Waals surface area contributed by atoms with Crippen molar-refractivity contribution < 1.29 is 14.3 Å². The van der Waals surface area contributed by atoms with Crippen LogP contribution in [-0.2, 0) is 0 Å². The number of benzene rings is 1. The van der Waals surface area contributed by atoms with E-state index in [0.717, 1.165) is 0 Å². The molecule has 0 aliphatic rings. The number of rotatable bonds is 2. The van der Waals surface area contributed by atoms with Crippen molar-refractivity contribution in [2.24, 2.45) is 0 Å². The van der Waals surface area contributed by atoms with Gasteiger partial charge >= 0.3 is 6.09 Å². The summed E-state index contributed by atoms with van der Waals surface area (Å²) in [6.07, 6.45) is -1.07. The van der Waals surface area contributed by atoms with Crippen LogP contribution in [0.4, 0.5) is 4.79 Å². The Morgan fingerprint density at radius 1 is 1.25 bits per heavy atom. The van der Waals surface area contributed by atoms with E-state index < -0.39 is 6.09 Å². The molecule has 0 heterocycles. The van der Waals surface area contributed by atoms with Crippen molar-refractivity contribution >= 4 is 6.09 Å². The van der Waals surface area contributed by atoms with Crippen LogP contribution in [0.2, 0.25) is 0 Å². The van der Waals surface area contributed by atoms with Gasteiger partial charge in [0.15, 0.2) is 0 Å². The molecule has 0 spiro atoms. The highest BCUT2D eigenvalue weighted by molar-refractivity contribution is 5.67. The lowest BCUT2D eigenvalue weighted by atomic mass is 10.3. The maximum absolute atomic E-state index is 10.2. The van der Waals surface area contributed by atoms with Crippen LogP contribution < -0.4 is 15.2 Å². The van der Waals surface area contributed by atoms with Crippen LogP contribution in [0, 0.1) is 0 Å². The van der Waals surface area contributed by atoms with Crippen LogP contribution in [0.3, 0.4) is 0 Å². The van der Waals surface area contributed by atoms with Gasteiger partial charge in [0.25, 0.3) is 0 Å². The number of amides is 1. The SMILES string of the molecule is COc1ccc(OC([NH])=O)cc1. The van der Waals surface area contributed by atoms with E-state index in [9.17, 15) is 4.79 Å². The van der Waals surface area contributed by atoms with E-state index in [1.54, 1.807) is 31.4 Å². The van der Waals surface area contributed by atoms with Crippen molar-refractivity contribution in [1.82, 2.24) is 5.73 Å². The van der Waals surface area contributed by atoms with Crippen LogP contribution in [0.15, 0.2) is 24.3 Å². The first kappa shape index (κ1) is 8.39. The molecule has 1 N–H and O–H groups in total. The second-order valence-corrected chi connectivity index (χ2v) is 2.07. The molecular weight excluding hydrogens is 158 g/mol. The van der Waals surface area contributed by atoms with Gasteiger partial charge in [-0.25, -0.2) is 10.5 Å². The molecule has 0 aliphatic heterocycles. The third-order valence-electron chi connectivity index (χ3n) is 1.27. The molecule has 1 rings (SSSR count). The summed E-state index contributed by atoms with van der Waals surface area (Å²) in [5.41, 5.74) is 6.52. The fourth-order valence-electron chi connectivity index (χ4n) is 0.751. The molecule has 0 saturated carbocycles. The lowest BCUT2D eigenvalue weighted by Gasteiger charge is -2.01. The zero-order chi connectivity index (χ0) is 8.97. The lowest BCUT2D eigenvalue weighted by molar-refractivity contribution is 0.209. The van der Waals surface area contributed by atoms with Crippen molar-refractivity contribution in [2.75, 3.05) is 7.11 Å². The van der Waals surface area contributed by atoms with Crippen LogP contribution in [0.1, 0.15) is 0 Å². The highest BCUT2D eigenvalue weighted by atomic mass is 16.5. The number of methoxy groups -OCH3 is 1. The normalized spacial score (nSPS) is 9.08. The molecule has 0 atom stereocenters. The summed E-state index contributed by atoms with van der Waals surface area (Å²) in [6, 6.07) is 6.42. The average molecular weight is 166 g/mol. The zero-order valence-electron chi connectivity index (χ0n) is 6.53. The van der Waals surface area contributed by atoms with E-state index in [1.807, 2.05) is 0 Å². The molecule has 1 aromatic rings. The van der Waals surface area contributed by atoms with Gasteiger partial charge in [0, 0.05) is 0 Å². The Morgan fingerprint density at radius 2 is 1.75 bits per heavy atom. The van der Waals surface area contributed by atoms with Crippen LogP contribution in [0.5, 0.6) is 11.5 Å². The lowest BCUT2D eigenvalue weighted by Crippen LogP contribution is -2.04. The largest absolute Gasteiger partial charge is 0.497 e. The molecule has 12 heavy (non-hydrogen) atoms. The van der Waals surface area contributed by atoms with Crippen molar-refractivity contribution in [3.05, 3.63) is 24.3 Å². The predicted molar refractivity (Wildman–Crippen MR) is 42.1 cm³/mol. The second-order valence-electron chi connectivity index (χ2n) is 2.07. The first-order valence-corrected chi connectivity index (χ1v) is 3.30. The summed E-state index contributed by atoms with van der Waals surface area (Å²) in [7, 11) is 1.55. The van der Waals surface area contributed by atoms with Crippen molar-refractivity contribution in [3.8, 4) is 11.5 Å². The second kappa shape index (κ2) is 3.61.